The maximum atomic E-state index is 11.4. The van der Waals surface area contributed by atoms with Gasteiger partial charge in [-0.05, 0) is 48.9 Å². The minimum Gasteiger partial charge on any atom is -0.497 e. The van der Waals surface area contributed by atoms with Crippen LogP contribution in [0.25, 0.3) is 11.3 Å². The molecule has 2 aromatic carbocycles. The number of aryl methyl sites for hydroxylation is 1. The van der Waals surface area contributed by atoms with E-state index in [9.17, 15) is 4.79 Å². The van der Waals surface area contributed by atoms with Crippen molar-refractivity contribution in [2.24, 2.45) is 5.73 Å². The number of nitrogens with zero attached hydrogens (tertiary/aromatic N) is 1. The number of rotatable bonds is 6. The molecule has 0 aliphatic carbocycles. The number of ether oxygens (including phenoxy) is 1. The van der Waals surface area contributed by atoms with Crippen molar-refractivity contribution in [3.05, 3.63) is 65.4 Å². The number of H-pyrrole nitrogens is 1. The summed E-state index contributed by atoms with van der Waals surface area (Å²) >= 11 is 0. The maximum absolute atomic E-state index is 11.4. The molecule has 1 aromatic heterocycles. The van der Waals surface area contributed by atoms with E-state index in [0.717, 1.165) is 33.8 Å². The van der Waals surface area contributed by atoms with E-state index in [0.29, 0.717) is 12.1 Å². The van der Waals surface area contributed by atoms with Gasteiger partial charge >= 0.3 is 0 Å². The Hall–Kier alpha value is -3.28. The van der Waals surface area contributed by atoms with Crippen LogP contribution in [-0.2, 0) is 6.54 Å². The smallest absolute Gasteiger partial charge is 0.248 e. The van der Waals surface area contributed by atoms with Crippen molar-refractivity contribution in [1.82, 2.24) is 10.2 Å². The second kappa shape index (κ2) is 7.09. The van der Waals surface area contributed by atoms with Gasteiger partial charge in [0.05, 0.1) is 19.0 Å². The molecular weight excluding hydrogens is 316 g/mol. The van der Waals surface area contributed by atoms with E-state index >= 15 is 0 Å². The van der Waals surface area contributed by atoms with Crippen LogP contribution in [0.4, 0.5) is 5.69 Å². The predicted octanol–water partition coefficient (Wildman–Crippen LogP) is 3.10. The fourth-order valence-electron chi connectivity index (χ4n) is 2.61. The molecule has 0 fully saturated rings. The van der Waals surface area contributed by atoms with Gasteiger partial charge < -0.3 is 15.8 Å². The Bertz CT molecular complexity index is 885. The number of aromatic nitrogens is 2. The molecule has 0 atom stereocenters. The predicted molar refractivity (Wildman–Crippen MR) is 97.6 cm³/mol. The Morgan fingerprint density at radius 1 is 1.24 bits per heavy atom. The summed E-state index contributed by atoms with van der Waals surface area (Å²) in [6.07, 6.45) is 1.79. The summed E-state index contributed by atoms with van der Waals surface area (Å²) in [6.45, 7) is 2.55. The average molecular weight is 336 g/mol. The second-order valence-corrected chi connectivity index (χ2v) is 5.75. The number of hydrogen-bond donors (Lipinski definition) is 3. The summed E-state index contributed by atoms with van der Waals surface area (Å²) in [5, 5.41) is 10.5. The summed E-state index contributed by atoms with van der Waals surface area (Å²) in [6, 6.07) is 13.2. The van der Waals surface area contributed by atoms with Gasteiger partial charge in [-0.15, -0.1) is 0 Å². The van der Waals surface area contributed by atoms with Crippen LogP contribution in [0.1, 0.15) is 21.5 Å². The third-order valence-corrected chi connectivity index (χ3v) is 4.09. The second-order valence-electron chi connectivity index (χ2n) is 5.75. The highest BCUT2D eigenvalue weighted by Crippen LogP contribution is 2.25. The molecule has 0 aliphatic rings. The van der Waals surface area contributed by atoms with Crippen LogP contribution >= 0.6 is 0 Å². The van der Waals surface area contributed by atoms with Crippen LogP contribution < -0.4 is 15.8 Å². The van der Waals surface area contributed by atoms with Gasteiger partial charge in [-0.25, -0.2) is 0 Å². The van der Waals surface area contributed by atoms with Gasteiger partial charge in [0.25, 0.3) is 0 Å². The van der Waals surface area contributed by atoms with Crippen molar-refractivity contribution >= 4 is 11.6 Å². The largest absolute Gasteiger partial charge is 0.497 e. The van der Waals surface area contributed by atoms with Gasteiger partial charge in [-0.3, -0.25) is 9.89 Å². The zero-order valence-electron chi connectivity index (χ0n) is 14.2. The summed E-state index contributed by atoms with van der Waals surface area (Å²) < 4.78 is 5.19. The number of nitrogens with one attached hydrogen (secondary N) is 2. The summed E-state index contributed by atoms with van der Waals surface area (Å²) in [5.41, 5.74) is 10.7. The van der Waals surface area contributed by atoms with Crippen LogP contribution in [0, 0.1) is 6.92 Å². The normalized spacial score (nSPS) is 10.5. The monoisotopic (exact) mass is 336 g/mol. The van der Waals surface area contributed by atoms with E-state index in [1.165, 1.54) is 0 Å². The number of anilines is 1. The molecule has 1 heterocycles. The lowest BCUT2D eigenvalue weighted by atomic mass is 10.1. The maximum Gasteiger partial charge on any atom is 0.248 e. The Kier molecular flexibility index (Phi) is 4.70. The third kappa shape index (κ3) is 3.63. The fourth-order valence-corrected chi connectivity index (χ4v) is 2.61. The lowest BCUT2D eigenvalue weighted by molar-refractivity contribution is 0.100. The highest BCUT2D eigenvalue weighted by Gasteiger charge is 2.10. The number of nitrogens with two attached hydrogens (primary N) is 1. The molecule has 0 aliphatic heterocycles. The fraction of sp³-hybridized carbons (Fsp3) is 0.158. The molecule has 128 valence electrons. The molecule has 0 radical (unpaired) electrons. The number of aromatic amines is 1. The molecule has 25 heavy (non-hydrogen) atoms. The van der Waals surface area contributed by atoms with Crippen LogP contribution in [-0.4, -0.2) is 23.2 Å². The molecule has 3 aromatic rings. The minimum absolute atomic E-state index is 0.440. The molecular formula is C19H20N4O2. The lowest BCUT2D eigenvalue weighted by Gasteiger charge is -2.11. The first kappa shape index (κ1) is 16.6. The summed E-state index contributed by atoms with van der Waals surface area (Å²) in [4.78, 5) is 11.4. The summed E-state index contributed by atoms with van der Waals surface area (Å²) in [7, 11) is 1.64. The molecule has 6 nitrogen and oxygen atoms in total. The van der Waals surface area contributed by atoms with E-state index in [2.05, 4.69) is 15.5 Å². The van der Waals surface area contributed by atoms with Crippen LogP contribution in [0.15, 0.2) is 48.7 Å². The van der Waals surface area contributed by atoms with Gasteiger partial charge in [-0.2, -0.15) is 5.10 Å². The number of methoxy groups -OCH3 is 1. The zero-order chi connectivity index (χ0) is 17.8. The van der Waals surface area contributed by atoms with Crippen molar-refractivity contribution in [1.29, 1.82) is 0 Å². The number of amides is 1. The van der Waals surface area contributed by atoms with Gasteiger partial charge in [-0.1, -0.05) is 6.07 Å². The number of carbonyl (C=O) groups excluding carboxylic acids is 1. The molecule has 0 unspecified atom stereocenters. The quantitative estimate of drug-likeness (QED) is 0.645. The molecule has 6 heteroatoms. The minimum atomic E-state index is -0.440. The van der Waals surface area contributed by atoms with Crippen molar-refractivity contribution in [3.63, 3.8) is 0 Å². The lowest BCUT2D eigenvalue weighted by Crippen LogP contribution is -2.12. The number of primary amides is 1. The number of hydrogen-bond acceptors (Lipinski definition) is 4. The van der Waals surface area contributed by atoms with Crippen LogP contribution in [0.2, 0.25) is 0 Å². The molecule has 4 N–H and O–H groups in total. The van der Waals surface area contributed by atoms with Gasteiger partial charge in [0.2, 0.25) is 5.91 Å². The topological polar surface area (TPSA) is 93.0 Å². The Balaban J connectivity index is 1.80. The van der Waals surface area contributed by atoms with Gasteiger partial charge in [0.1, 0.15) is 5.75 Å². The van der Waals surface area contributed by atoms with Crippen LogP contribution in [0.5, 0.6) is 5.75 Å². The van der Waals surface area contributed by atoms with E-state index in [4.69, 9.17) is 10.5 Å². The van der Waals surface area contributed by atoms with E-state index in [-0.39, 0.29) is 0 Å². The van der Waals surface area contributed by atoms with Crippen molar-refractivity contribution in [2.45, 2.75) is 13.5 Å². The molecule has 0 saturated carbocycles. The molecule has 3 rings (SSSR count). The molecule has 0 saturated heterocycles. The van der Waals surface area contributed by atoms with Crippen molar-refractivity contribution in [3.8, 4) is 17.0 Å². The molecule has 1 amide bonds. The Morgan fingerprint density at radius 3 is 2.68 bits per heavy atom. The zero-order valence-corrected chi connectivity index (χ0v) is 14.2. The SMILES string of the molecule is COc1ccc(-c2[nH]ncc2CNc2cc(C(N)=O)ccc2C)cc1. The van der Waals surface area contributed by atoms with Gasteiger partial charge in [0, 0.05) is 28.9 Å². The van der Waals surface area contributed by atoms with Crippen molar-refractivity contribution < 1.29 is 9.53 Å². The first-order chi connectivity index (χ1) is 12.1. The van der Waals surface area contributed by atoms with E-state index < -0.39 is 5.91 Å². The average Bonchev–Trinajstić information content (AvgIpc) is 3.09. The van der Waals surface area contributed by atoms with E-state index in [1.807, 2.05) is 37.3 Å². The first-order valence-corrected chi connectivity index (χ1v) is 7.89. The third-order valence-electron chi connectivity index (χ3n) is 4.09. The molecule has 0 spiro atoms. The van der Waals surface area contributed by atoms with Crippen LogP contribution in [0.3, 0.4) is 0 Å². The summed E-state index contributed by atoms with van der Waals surface area (Å²) in [5.74, 6) is 0.368. The van der Waals surface area contributed by atoms with E-state index in [1.54, 1.807) is 25.4 Å². The first-order valence-electron chi connectivity index (χ1n) is 7.89. The number of carbonyl (C=O) groups is 1. The highest BCUT2D eigenvalue weighted by molar-refractivity contribution is 5.94. The van der Waals surface area contributed by atoms with Gasteiger partial charge in [0.15, 0.2) is 0 Å². The Morgan fingerprint density at radius 2 is 2.00 bits per heavy atom. The van der Waals surface area contributed by atoms with Crippen molar-refractivity contribution in [2.75, 3.05) is 12.4 Å². The number of benzene rings is 2. The standard InChI is InChI=1S/C19H20N4O2/c1-12-3-4-14(19(20)24)9-17(12)21-10-15-11-22-23-18(15)13-5-7-16(25-2)8-6-13/h3-9,11,21H,10H2,1-2H3,(H2,20,24)(H,22,23). The highest BCUT2D eigenvalue weighted by atomic mass is 16.5. The Labute approximate surface area is 146 Å². The molecule has 0 bridgehead atoms.